The largest absolute Gasteiger partial charge is 0.413 e. The normalized spacial score (nSPS) is 9.90. The zero-order chi connectivity index (χ0) is 14.8. The lowest BCUT2D eigenvalue weighted by Crippen LogP contribution is -2.42. The van der Waals surface area contributed by atoms with Crippen LogP contribution in [0.25, 0.3) is 0 Å². The van der Waals surface area contributed by atoms with E-state index in [0.29, 0.717) is 30.6 Å². The van der Waals surface area contributed by atoms with E-state index in [1.807, 2.05) is 6.07 Å². The van der Waals surface area contributed by atoms with Crippen LogP contribution in [-0.2, 0) is 4.79 Å². The molecule has 0 atom stereocenters. The first kappa shape index (κ1) is 16.6. The van der Waals surface area contributed by atoms with Crippen molar-refractivity contribution in [1.82, 2.24) is 10.2 Å². The average Bonchev–Trinajstić information content (AvgIpc) is 2.45. The van der Waals surface area contributed by atoms with Gasteiger partial charge in [-0.25, -0.2) is 4.79 Å². The molecule has 0 radical (unpaired) electrons. The first-order valence-electron chi connectivity index (χ1n) is 6.07. The Morgan fingerprint density at radius 1 is 1.10 bits per heavy atom. The quantitative estimate of drug-likeness (QED) is 0.783. The minimum atomic E-state index is -0.679. The fourth-order valence-corrected chi connectivity index (χ4v) is 1.86. The highest BCUT2D eigenvalue weighted by Gasteiger charge is 2.14. The molecule has 0 spiro atoms. The van der Waals surface area contributed by atoms with E-state index >= 15 is 0 Å². The highest BCUT2D eigenvalue weighted by Crippen LogP contribution is 2.07. The monoisotopic (exact) mass is 318 g/mol. The van der Waals surface area contributed by atoms with Crippen molar-refractivity contribution in [2.24, 2.45) is 0 Å². The van der Waals surface area contributed by atoms with E-state index in [0.717, 1.165) is 0 Å². The first-order chi connectivity index (χ1) is 9.67. The molecule has 0 unspecified atom stereocenters. The van der Waals surface area contributed by atoms with Crippen LogP contribution in [0, 0.1) is 0 Å². The van der Waals surface area contributed by atoms with Gasteiger partial charge < -0.3 is 15.0 Å². The van der Waals surface area contributed by atoms with E-state index in [9.17, 15) is 9.59 Å². The van der Waals surface area contributed by atoms with E-state index in [1.54, 1.807) is 24.3 Å². The molecule has 110 valence electrons. The standard InChI is InChI=1S/C13H16Cl2N2O3/c14-6-8-17(9-7-15)12(18)10-16-13(19)20-11-4-2-1-3-5-11/h1-5H,6-10H2,(H,16,19). The summed E-state index contributed by atoms with van der Waals surface area (Å²) >= 11 is 11.2. The zero-order valence-corrected chi connectivity index (χ0v) is 12.4. The Hall–Kier alpha value is -1.46. The van der Waals surface area contributed by atoms with Crippen LogP contribution in [0.3, 0.4) is 0 Å². The topological polar surface area (TPSA) is 58.6 Å². The maximum atomic E-state index is 11.8. The highest BCUT2D eigenvalue weighted by molar-refractivity contribution is 6.18. The van der Waals surface area contributed by atoms with E-state index in [1.165, 1.54) is 4.90 Å². The number of hydrogen-bond donors (Lipinski definition) is 1. The number of nitrogens with one attached hydrogen (secondary N) is 1. The van der Waals surface area contributed by atoms with Gasteiger partial charge in [-0.1, -0.05) is 18.2 Å². The summed E-state index contributed by atoms with van der Waals surface area (Å²) in [6, 6.07) is 8.60. The van der Waals surface area contributed by atoms with Crippen molar-refractivity contribution in [2.45, 2.75) is 0 Å². The van der Waals surface area contributed by atoms with Crippen molar-refractivity contribution in [3.63, 3.8) is 0 Å². The Labute approximate surface area is 127 Å². The van der Waals surface area contributed by atoms with Crippen LogP contribution in [-0.4, -0.2) is 48.3 Å². The average molecular weight is 319 g/mol. The van der Waals surface area contributed by atoms with Gasteiger partial charge in [0.25, 0.3) is 0 Å². The second kappa shape index (κ2) is 9.44. The van der Waals surface area contributed by atoms with Crippen molar-refractivity contribution in [3.8, 4) is 5.75 Å². The molecule has 0 heterocycles. The summed E-state index contributed by atoms with van der Waals surface area (Å²) in [6.45, 7) is 0.629. The summed E-state index contributed by atoms with van der Waals surface area (Å²) in [6.07, 6.45) is -0.679. The lowest BCUT2D eigenvalue weighted by atomic mass is 10.3. The minimum Gasteiger partial charge on any atom is -0.410 e. The molecular formula is C13H16Cl2N2O3. The van der Waals surface area contributed by atoms with Gasteiger partial charge in [0.05, 0.1) is 0 Å². The Morgan fingerprint density at radius 3 is 2.25 bits per heavy atom. The summed E-state index contributed by atoms with van der Waals surface area (Å²) in [5, 5.41) is 2.39. The number of benzene rings is 1. The van der Waals surface area contributed by atoms with Crippen molar-refractivity contribution in [2.75, 3.05) is 31.4 Å². The molecule has 20 heavy (non-hydrogen) atoms. The second-order valence-corrected chi connectivity index (χ2v) is 4.57. The third-order valence-electron chi connectivity index (χ3n) is 2.40. The number of rotatable bonds is 7. The van der Waals surface area contributed by atoms with Gasteiger partial charge in [-0.15, -0.1) is 23.2 Å². The number of carbonyl (C=O) groups is 2. The third kappa shape index (κ3) is 6.12. The molecule has 1 aromatic rings. The molecule has 0 aromatic heterocycles. The van der Waals surface area contributed by atoms with E-state index < -0.39 is 6.09 Å². The third-order valence-corrected chi connectivity index (χ3v) is 2.74. The molecule has 1 rings (SSSR count). The lowest BCUT2D eigenvalue weighted by molar-refractivity contribution is -0.129. The van der Waals surface area contributed by atoms with Gasteiger partial charge in [-0.3, -0.25) is 4.79 Å². The lowest BCUT2D eigenvalue weighted by Gasteiger charge is -2.20. The summed E-state index contributed by atoms with van der Waals surface area (Å²) in [5.74, 6) is 0.792. The number of ether oxygens (including phenoxy) is 1. The van der Waals surface area contributed by atoms with Gasteiger partial charge in [0, 0.05) is 24.8 Å². The molecule has 0 aliphatic carbocycles. The SMILES string of the molecule is O=C(NCC(=O)N(CCCl)CCCl)Oc1ccccc1. The smallest absolute Gasteiger partial charge is 0.410 e. The van der Waals surface area contributed by atoms with E-state index in [4.69, 9.17) is 27.9 Å². The summed E-state index contributed by atoms with van der Waals surface area (Å²) in [4.78, 5) is 24.8. The van der Waals surface area contributed by atoms with Crippen LogP contribution in [0.2, 0.25) is 0 Å². The van der Waals surface area contributed by atoms with Gasteiger partial charge in [0.2, 0.25) is 5.91 Å². The summed E-state index contributed by atoms with van der Waals surface area (Å²) in [5.41, 5.74) is 0. The van der Waals surface area contributed by atoms with Gasteiger partial charge in [-0.05, 0) is 12.1 Å². The predicted octanol–water partition coefficient (Wildman–Crippen LogP) is 2.08. The second-order valence-electron chi connectivity index (χ2n) is 3.81. The number of nitrogens with zero attached hydrogens (tertiary/aromatic N) is 1. The molecule has 0 aliphatic heterocycles. The molecule has 0 aliphatic rings. The summed E-state index contributed by atoms with van der Waals surface area (Å²) < 4.78 is 4.99. The van der Waals surface area contributed by atoms with Crippen LogP contribution in [0.4, 0.5) is 4.79 Å². The number of amides is 2. The molecule has 0 fully saturated rings. The van der Waals surface area contributed by atoms with Crippen molar-refractivity contribution in [1.29, 1.82) is 0 Å². The Bertz CT molecular complexity index is 423. The van der Waals surface area contributed by atoms with Crippen LogP contribution in [0.1, 0.15) is 0 Å². The molecule has 0 bridgehead atoms. The zero-order valence-electron chi connectivity index (χ0n) is 10.9. The maximum Gasteiger partial charge on any atom is 0.413 e. The molecule has 1 aromatic carbocycles. The number of para-hydroxylation sites is 1. The van der Waals surface area contributed by atoms with Gasteiger partial charge in [-0.2, -0.15) is 0 Å². The molecule has 5 nitrogen and oxygen atoms in total. The van der Waals surface area contributed by atoms with Gasteiger partial charge in [0.15, 0.2) is 0 Å². The van der Waals surface area contributed by atoms with Crippen LogP contribution < -0.4 is 10.1 Å². The molecule has 0 saturated carbocycles. The minimum absolute atomic E-state index is 0.153. The molecular weight excluding hydrogens is 303 g/mol. The van der Waals surface area contributed by atoms with E-state index in [-0.39, 0.29) is 12.5 Å². The number of halogens is 2. The predicted molar refractivity (Wildman–Crippen MR) is 78.5 cm³/mol. The fraction of sp³-hybridized carbons (Fsp3) is 0.385. The Morgan fingerprint density at radius 2 is 1.70 bits per heavy atom. The maximum absolute atomic E-state index is 11.8. The van der Waals surface area contributed by atoms with Crippen molar-refractivity contribution in [3.05, 3.63) is 30.3 Å². The van der Waals surface area contributed by atoms with Crippen LogP contribution >= 0.6 is 23.2 Å². The van der Waals surface area contributed by atoms with Crippen LogP contribution in [0.15, 0.2) is 30.3 Å². The van der Waals surface area contributed by atoms with Crippen molar-refractivity contribution >= 4 is 35.2 Å². The fourth-order valence-electron chi connectivity index (χ4n) is 1.46. The van der Waals surface area contributed by atoms with E-state index in [2.05, 4.69) is 5.32 Å². The Kier molecular flexibility index (Phi) is 7.84. The molecule has 1 N–H and O–H groups in total. The number of carbonyl (C=O) groups excluding carboxylic acids is 2. The molecule has 2 amide bonds. The molecule has 0 saturated heterocycles. The first-order valence-corrected chi connectivity index (χ1v) is 7.14. The molecule has 7 heteroatoms. The number of hydrogen-bond acceptors (Lipinski definition) is 3. The van der Waals surface area contributed by atoms with Gasteiger partial charge >= 0.3 is 6.09 Å². The van der Waals surface area contributed by atoms with Gasteiger partial charge in [0.1, 0.15) is 12.3 Å². The highest BCUT2D eigenvalue weighted by atomic mass is 35.5. The Balaban J connectivity index is 2.37. The summed E-state index contributed by atoms with van der Waals surface area (Å²) in [7, 11) is 0. The van der Waals surface area contributed by atoms with Crippen molar-refractivity contribution < 1.29 is 14.3 Å². The van der Waals surface area contributed by atoms with Crippen LogP contribution in [0.5, 0.6) is 5.75 Å². The number of alkyl halides is 2.